The van der Waals surface area contributed by atoms with Crippen LogP contribution < -0.4 is 5.32 Å². The third kappa shape index (κ3) is 2.77. The third-order valence-corrected chi connectivity index (χ3v) is 4.84. The van der Waals surface area contributed by atoms with Gasteiger partial charge in [0, 0.05) is 46.6 Å². The molecule has 0 aliphatic carbocycles. The number of amidine groups is 1. The van der Waals surface area contributed by atoms with E-state index < -0.39 is 0 Å². The maximum Gasteiger partial charge on any atom is 0.133 e. The fraction of sp³-hybridized carbons (Fsp3) is 0.222. The van der Waals surface area contributed by atoms with E-state index in [1.165, 1.54) is 16.3 Å². The molecule has 2 aromatic carbocycles. The van der Waals surface area contributed by atoms with Crippen LogP contribution >= 0.6 is 15.9 Å². The second-order valence-electron chi connectivity index (χ2n) is 5.69. The Hall–Kier alpha value is -2.14. The van der Waals surface area contributed by atoms with Crippen molar-refractivity contribution in [3.63, 3.8) is 0 Å². The number of imidazole rings is 1. The number of hydrogen-bond acceptors (Lipinski definition) is 2. The van der Waals surface area contributed by atoms with Gasteiger partial charge >= 0.3 is 0 Å². The summed E-state index contributed by atoms with van der Waals surface area (Å²) in [5, 5.41) is 5.95. The van der Waals surface area contributed by atoms with E-state index in [-0.39, 0.29) is 0 Å². The number of aliphatic imine (C=N–C) groups is 1. The summed E-state index contributed by atoms with van der Waals surface area (Å²) in [6.07, 6.45) is 7.85. The molecule has 2 heterocycles. The molecule has 0 fully saturated rings. The first-order valence-electron chi connectivity index (χ1n) is 7.82. The molecule has 1 aromatic heterocycles. The predicted molar refractivity (Wildman–Crippen MR) is 98.1 cm³/mol. The Labute approximate surface area is 143 Å². The van der Waals surface area contributed by atoms with Crippen molar-refractivity contribution >= 4 is 38.2 Å². The highest BCUT2D eigenvalue weighted by Gasteiger charge is 2.20. The van der Waals surface area contributed by atoms with Crippen LogP contribution in [0.5, 0.6) is 0 Å². The molecule has 116 valence electrons. The lowest BCUT2D eigenvalue weighted by Crippen LogP contribution is -2.08. The fourth-order valence-corrected chi connectivity index (χ4v) is 3.47. The van der Waals surface area contributed by atoms with Crippen LogP contribution in [0.1, 0.15) is 18.4 Å². The van der Waals surface area contributed by atoms with E-state index in [0.717, 1.165) is 41.9 Å². The Kier molecular flexibility index (Phi) is 3.87. The quantitative estimate of drug-likeness (QED) is 0.675. The smallest absolute Gasteiger partial charge is 0.133 e. The van der Waals surface area contributed by atoms with Gasteiger partial charge in [-0.3, -0.25) is 4.99 Å². The van der Waals surface area contributed by atoms with Gasteiger partial charge < -0.3 is 9.88 Å². The fourth-order valence-electron chi connectivity index (χ4n) is 3.01. The lowest BCUT2D eigenvalue weighted by Gasteiger charge is -2.03. The van der Waals surface area contributed by atoms with Gasteiger partial charge in [-0.05, 0) is 30.4 Å². The molecule has 23 heavy (non-hydrogen) atoms. The van der Waals surface area contributed by atoms with Gasteiger partial charge in [0.25, 0.3) is 0 Å². The normalized spacial score (nSPS) is 14.6. The predicted octanol–water partition coefficient (Wildman–Crippen LogP) is 4.45. The molecule has 3 aromatic rings. The monoisotopic (exact) mass is 368 g/mol. The Morgan fingerprint density at radius 3 is 3.00 bits per heavy atom. The molecular formula is C18H17BrN4. The van der Waals surface area contributed by atoms with Crippen LogP contribution in [0.3, 0.4) is 0 Å². The second kappa shape index (κ2) is 6.16. The maximum atomic E-state index is 4.78. The number of anilines is 1. The van der Waals surface area contributed by atoms with Crippen LogP contribution in [-0.4, -0.2) is 21.9 Å². The van der Waals surface area contributed by atoms with Crippen LogP contribution in [0, 0.1) is 0 Å². The average Bonchev–Trinajstić information content (AvgIpc) is 3.20. The molecule has 0 saturated carbocycles. The molecule has 0 bridgehead atoms. The molecule has 1 N–H and O–H groups in total. The van der Waals surface area contributed by atoms with Gasteiger partial charge in [0.1, 0.15) is 5.84 Å². The van der Waals surface area contributed by atoms with E-state index in [1.807, 2.05) is 18.7 Å². The van der Waals surface area contributed by atoms with Crippen molar-refractivity contribution in [3.05, 3.63) is 59.1 Å². The Bertz CT molecular complexity index is 868. The Morgan fingerprint density at radius 2 is 2.13 bits per heavy atom. The van der Waals surface area contributed by atoms with E-state index in [2.05, 4.69) is 61.1 Å². The van der Waals surface area contributed by atoms with E-state index in [9.17, 15) is 0 Å². The zero-order valence-electron chi connectivity index (χ0n) is 12.7. The first-order chi connectivity index (χ1) is 11.3. The maximum absolute atomic E-state index is 4.78. The van der Waals surface area contributed by atoms with Gasteiger partial charge in [0.15, 0.2) is 0 Å². The van der Waals surface area contributed by atoms with Crippen LogP contribution in [0.25, 0.3) is 10.8 Å². The van der Waals surface area contributed by atoms with Crippen LogP contribution in [-0.2, 0) is 6.54 Å². The molecular weight excluding hydrogens is 352 g/mol. The number of aromatic nitrogens is 2. The van der Waals surface area contributed by atoms with Gasteiger partial charge in [-0.1, -0.05) is 34.1 Å². The molecule has 1 aliphatic heterocycles. The molecule has 4 rings (SSSR count). The molecule has 0 saturated heterocycles. The lowest BCUT2D eigenvalue weighted by molar-refractivity contribution is 0.615. The number of halogens is 1. The summed E-state index contributed by atoms with van der Waals surface area (Å²) in [6, 6.07) is 10.6. The van der Waals surface area contributed by atoms with E-state index in [0.29, 0.717) is 0 Å². The topological polar surface area (TPSA) is 42.2 Å². The zero-order valence-corrected chi connectivity index (χ0v) is 14.3. The van der Waals surface area contributed by atoms with Crippen molar-refractivity contribution < 1.29 is 0 Å². The van der Waals surface area contributed by atoms with E-state index in [1.54, 1.807) is 0 Å². The first kappa shape index (κ1) is 14.5. The number of unbranched alkanes of at least 4 members (excludes halogenated alkanes) is 1. The molecule has 0 spiro atoms. The van der Waals surface area contributed by atoms with Crippen molar-refractivity contribution in [1.82, 2.24) is 9.55 Å². The van der Waals surface area contributed by atoms with Crippen LogP contribution in [0.15, 0.2) is 58.5 Å². The van der Waals surface area contributed by atoms with Gasteiger partial charge in [-0.2, -0.15) is 0 Å². The minimum absolute atomic E-state index is 0.836. The lowest BCUT2D eigenvalue weighted by atomic mass is 10.1. The first-order valence-corrected chi connectivity index (χ1v) is 8.61. The number of hydrogen-bond donors (Lipinski definition) is 1. The molecule has 0 atom stereocenters. The van der Waals surface area contributed by atoms with Gasteiger partial charge in [-0.15, -0.1) is 0 Å². The van der Waals surface area contributed by atoms with Gasteiger partial charge in [-0.25, -0.2) is 4.98 Å². The van der Waals surface area contributed by atoms with Crippen LogP contribution in [0.4, 0.5) is 5.69 Å². The second-order valence-corrected chi connectivity index (χ2v) is 6.54. The summed E-state index contributed by atoms with van der Waals surface area (Å²) in [7, 11) is 0. The highest BCUT2D eigenvalue weighted by molar-refractivity contribution is 9.10. The average molecular weight is 369 g/mol. The molecule has 4 nitrogen and oxygen atoms in total. The molecule has 0 amide bonds. The number of nitrogens with zero attached hydrogens (tertiary/aromatic N) is 3. The zero-order chi connectivity index (χ0) is 15.6. The molecule has 0 radical (unpaired) electrons. The van der Waals surface area contributed by atoms with Crippen LogP contribution in [0.2, 0.25) is 0 Å². The van der Waals surface area contributed by atoms with Crippen molar-refractivity contribution in [2.24, 2.45) is 4.99 Å². The number of rotatable bonds is 5. The highest BCUT2D eigenvalue weighted by Crippen LogP contribution is 2.37. The minimum atomic E-state index is 0.836. The Morgan fingerprint density at radius 1 is 1.17 bits per heavy atom. The molecule has 1 aliphatic rings. The highest BCUT2D eigenvalue weighted by atomic mass is 79.9. The number of nitrogens with one attached hydrogen (secondary N) is 1. The summed E-state index contributed by atoms with van der Waals surface area (Å²) >= 11 is 3.63. The van der Waals surface area contributed by atoms with Gasteiger partial charge in [0.2, 0.25) is 0 Å². The SMILES string of the molecule is Brc1ccc2c3c(cccc13)C(=NCCCCn1ccnc1)N2. The van der Waals surface area contributed by atoms with Crippen molar-refractivity contribution in [2.45, 2.75) is 19.4 Å². The number of benzene rings is 2. The summed E-state index contributed by atoms with van der Waals surface area (Å²) < 4.78 is 3.23. The summed E-state index contributed by atoms with van der Waals surface area (Å²) in [5.74, 6) is 0.992. The minimum Gasteiger partial charge on any atom is -0.339 e. The molecule has 5 heteroatoms. The van der Waals surface area contributed by atoms with E-state index >= 15 is 0 Å². The van der Waals surface area contributed by atoms with E-state index in [4.69, 9.17) is 4.99 Å². The van der Waals surface area contributed by atoms with Crippen molar-refractivity contribution in [2.75, 3.05) is 11.9 Å². The third-order valence-electron chi connectivity index (χ3n) is 4.15. The van der Waals surface area contributed by atoms with Crippen molar-refractivity contribution in [1.29, 1.82) is 0 Å². The standard InChI is InChI=1S/C18H17BrN4/c19-15-6-7-16-17-13(15)4-3-5-14(17)18(22-16)21-8-1-2-10-23-11-9-20-12-23/h3-7,9,11-12H,1-2,8,10H2,(H,21,22). The number of aryl methyl sites for hydroxylation is 1. The van der Waals surface area contributed by atoms with Gasteiger partial charge in [0.05, 0.1) is 6.33 Å². The summed E-state index contributed by atoms with van der Waals surface area (Å²) in [4.78, 5) is 8.83. The van der Waals surface area contributed by atoms with Crippen molar-refractivity contribution in [3.8, 4) is 0 Å². The largest absolute Gasteiger partial charge is 0.339 e. The summed E-state index contributed by atoms with van der Waals surface area (Å²) in [6.45, 7) is 1.84. The summed E-state index contributed by atoms with van der Waals surface area (Å²) in [5.41, 5.74) is 2.35. The Balaban J connectivity index is 1.46. The molecule has 0 unspecified atom stereocenters.